The molecule has 4 heteroatoms. The molecule has 0 heterocycles. The van der Waals surface area contributed by atoms with Crippen molar-refractivity contribution < 1.29 is 14.3 Å². The van der Waals surface area contributed by atoms with E-state index in [0.29, 0.717) is 17.1 Å². The molecule has 0 unspecified atom stereocenters. The first-order valence-electron chi connectivity index (χ1n) is 4.37. The summed E-state index contributed by atoms with van der Waals surface area (Å²) in [5.41, 5.74) is 0.552. The number of ether oxygens (including phenoxy) is 2. The van der Waals surface area contributed by atoms with Gasteiger partial charge in [0.2, 0.25) is 0 Å². The van der Waals surface area contributed by atoms with E-state index in [4.69, 9.17) is 14.7 Å². The molecule has 0 atom stereocenters. The molecule has 0 N–H and O–H groups in total. The van der Waals surface area contributed by atoms with Gasteiger partial charge in [-0.25, -0.2) is 0 Å². The second kappa shape index (κ2) is 5.01. The van der Waals surface area contributed by atoms with E-state index >= 15 is 0 Å². The van der Waals surface area contributed by atoms with Gasteiger partial charge in [0.05, 0.1) is 7.11 Å². The summed E-state index contributed by atoms with van der Waals surface area (Å²) in [4.78, 5) is 11.1. The molecule has 1 aromatic rings. The molecule has 0 aromatic heterocycles. The number of nitriles is 1. The highest BCUT2D eigenvalue weighted by molar-refractivity contribution is 5.94. The van der Waals surface area contributed by atoms with Crippen molar-refractivity contribution in [2.24, 2.45) is 0 Å². The van der Waals surface area contributed by atoms with E-state index in [1.807, 2.05) is 6.07 Å². The Labute approximate surface area is 88.0 Å². The molecule has 0 amide bonds. The van der Waals surface area contributed by atoms with Gasteiger partial charge in [0, 0.05) is 5.56 Å². The topological polar surface area (TPSA) is 59.3 Å². The minimum Gasteiger partial charge on any atom is -0.493 e. The maximum absolute atomic E-state index is 11.1. The fraction of sp³-hybridized carbons (Fsp3) is 0.273. The van der Waals surface area contributed by atoms with E-state index in [1.54, 1.807) is 18.2 Å². The van der Waals surface area contributed by atoms with Gasteiger partial charge in [0.15, 0.2) is 23.9 Å². The van der Waals surface area contributed by atoms with Gasteiger partial charge in [0.1, 0.15) is 6.07 Å². The van der Waals surface area contributed by atoms with Crippen LogP contribution < -0.4 is 9.47 Å². The molecule has 15 heavy (non-hydrogen) atoms. The maximum Gasteiger partial charge on any atom is 0.174 e. The summed E-state index contributed by atoms with van der Waals surface area (Å²) in [6.45, 7) is 1.43. The van der Waals surface area contributed by atoms with Crippen molar-refractivity contribution in [3.63, 3.8) is 0 Å². The Bertz CT molecular complexity index is 407. The van der Waals surface area contributed by atoms with Gasteiger partial charge in [0.25, 0.3) is 0 Å². The average Bonchev–Trinajstić information content (AvgIpc) is 2.25. The van der Waals surface area contributed by atoms with E-state index in [1.165, 1.54) is 14.0 Å². The lowest BCUT2D eigenvalue weighted by Gasteiger charge is -2.08. The second-order valence-corrected chi connectivity index (χ2v) is 2.87. The number of ketones is 1. The third kappa shape index (κ3) is 2.71. The summed E-state index contributed by atoms with van der Waals surface area (Å²) in [6, 6.07) is 6.71. The second-order valence-electron chi connectivity index (χ2n) is 2.87. The zero-order chi connectivity index (χ0) is 11.3. The lowest BCUT2D eigenvalue weighted by atomic mass is 10.1. The number of rotatable bonds is 4. The number of nitrogens with zero attached hydrogens (tertiary/aromatic N) is 1. The highest BCUT2D eigenvalue weighted by Crippen LogP contribution is 2.27. The molecule has 1 rings (SSSR count). The van der Waals surface area contributed by atoms with E-state index in [2.05, 4.69) is 0 Å². The molecular formula is C11H11NO3. The highest BCUT2D eigenvalue weighted by Gasteiger charge is 2.07. The van der Waals surface area contributed by atoms with Crippen molar-refractivity contribution in [2.45, 2.75) is 6.92 Å². The standard InChI is InChI=1S/C11H11NO3/c1-8(13)9-3-4-10(15-6-5-12)11(7-9)14-2/h3-4,7H,6H2,1-2H3. The fourth-order valence-electron chi connectivity index (χ4n) is 1.12. The van der Waals surface area contributed by atoms with Gasteiger partial charge in [-0.15, -0.1) is 0 Å². The van der Waals surface area contributed by atoms with Crippen LogP contribution >= 0.6 is 0 Å². The Morgan fingerprint density at radius 2 is 2.20 bits per heavy atom. The van der Waals surface area contributed by atoms with Crippen LogP contribution in [0.2, 0.25) is 0 Å². The SMILES string of the molecule is COc1cc(C(C)=O)ccc1OCC#N. The quantitative estimate of drug-likeness (QED) is 0.703. The van der Waals surface area contributed by atoms with Crippen molar-refractivity contribution in [1.82, 2.24) is 0 Å². The lowest BCUT2D eigenvalue weighted by molar-refractivity contribution is 0.101. The first-order valence-corrected chi connectivity index (χ1v) is 4.37. The monoisotopic (exact) mass is 205 g/mol. The van der Waals surface area contributed by atoms with Crippen molar-refractivity contribution in [2.75, 3.05) is 13.7 Å². The molecule has 78 valence electrons. The summed E-state index contributed by atoms with van der Waals surface area (Å²) in [5.74, 6) is 0.877. The van der Waals surface area contributed by atoms with Crippen LogP contribution in [-0.2, 0) is 0 Å². The zero-order valence-electron chi connectivity index (χ0n) is 8.61. The first-order chi connectivity index (χ1) is 7.19. The van der Waals surface area contributed by atoms with Crippen LogP contribution in [0.5, 0.6) is 11.5 Å². The molecule has 0 spiro atoms. The normalized spacial score (nSPS) is 9.13. The van der Waals surface area contributed by atoms with Gasteiger partial charge >= 0.3 is 0 Å². The number of methoxy groups -OCH3 is 1. The minimum atomic E-state index is -0.0459. The van der Waals surface area contributed by atoms with Crippen LogP contribution in [0.15, 0.2) is 18.2 Å². The third-order valence-corrected chi connectivity index (χ3v) is 1.86. The maximum atomic E-state index is 11.1. The van der Waals surface area contributed by atoms with E-state index in [0.717, 1.165) is 0 Å². The summed E-state index contributed by atoms with van der Waals surface area (Å²) in [7, 11) is 1.48. The minimum absolute atomic E-state index is 0.0415. The van der Waals surface area contributed by atoms with Gasteiger partial charge in [-0.3, -0.25) is 4.79 Å². The number of Topliss-reactive ketones (excluding diaryl/α,β-unsaturated/α-hetero) is 1. The number of carbonyl (C=O) groups excluding carboxylic acids is 1. The largest absolute Gasteiger partial charge is 0.493 e. The summed E-state index contributed by atoms with van der Waals surface area (Å²) in [5, 5.41) is 8.36. The molecule has 0 bridgehead atoms. The molecule has 0 aliphatic carbocycles. The fourth-order valence-corrected chi connectivity index (χ4v) is 1.12. The molecule has 0 saturated heterocycles. The average molecular weight is 205 g/mol. The predicted octanol–water partition coefficient (Wildman–Crippen LogP) is 1.80. The molecule has 0 radical (unpaired) electrons. The number of benzene rings is 1. The van der Waals surface area contributed by atoms with Crippen LogP contribution in [0.25, 0.3) is 0 Å². The summed E-state index contributed by atoms with van der Waals surface area (Å²) >= 11 is 0. The molecule has 0 fully saturated rings. The number of hydrogen-bond donors (Lipinski definition) is 0. The molecular weight excluding hydrogens is 194 g/mol. The molecule has 0 aliphatic rings. The summed E-state index contributed by atoms with van der Waals surface area (Å²) in [6.07, 6.45) is 0. The van der Waals surface area contributed by atoms with Crippen LogP contribution in [0, 0.1) is 11.3 Å². The lowest BCUT2D eigenvalue weighted by Crippen LogP contribution is -1.99. The molecule has 0 aliphatic heterocycles. The first kappa shape index (κ1) is 11.1. The molecule has 0 saturated carbocycles. The van der Waals surface area contributed by atoms with Gasteiger partial charge < -0.3 is 9.47 Å². The van der Waals surface area contributed by atoms with Crippen LogP contribution in [0.1, 0.15) is 17.3 Å². The van der Waals surface area contributed by atoms with Crippen molar-refractivity contribution in [1.29, 1.82) is 5.26 Å². The smallest absolute Gasteiger partial charge is 0.174 e. The van der Waals surface area contributed by atoms with Gasteiger partial charge in [-0.2, -0.15) is 5.26 Å². The molecule has 1 aromatic carbocycles. The highest BCUT2D eigenvalue weighted by atomic mass is 16.5. The zero-order valence-corrected chi connectivity index (χ0v) is 8.61. The Balaban J connectivity index is 2.99. The Morgan fingerprint density at radius 1 is 1.47 bits per heavy atom. The van der Waals surface area contributed by atoms with Gasteiger partial charge in [-0.05, 0) is 25.1 Å². The van der Waals surface area contributed by atoms with Crippen molar-refractivity contribution in [3.8, 4) is 17.6 Å². The van der Waals surface area contributed by atoms with E-state index in [-0.39, 0.29) is 12.4 Å². The Morgan fingerprint density at radius 3 is 2.73 bits per heavy atom. The van der Waals surface area contributed by atoms with Crippen molar-refractivity contribution >= 4 is 5.78 Å². The number of carbonyl (C=O) groups is 1. The van der Waals surface area contributed by atoms with E-state index in [9.17, 15) is 4.79 Å². The van der Waals surface area contributed by atoms with E-state index < -0.39 is 0 Å². The van der Waals surface area contributed by atoms with Crippen molar-refractivity contribution in [3.05, 3.63) is 23.8 Å². The van der Waals surface area contributed by atoms with Gasteiger partial charge in [-0.1, -0.05) is 0 Å². The van der Waals surface area contributed by atoms with Crippen LogP contribution in [0.4, 0.5) is 0 Å². The van der Waals surface area contributed by atoms with Crippen LogP contribution in [0.3, 0.4) is 0 Å². The Hall–Kier alpha value is -2.02. The molecule has 4 nitrogen and oxygen atoms in total. The summed E-state index contributed by atoms with van der Waals surface area (Å²) < 4.78 is 10.2. The Kier molecular flexibility index (Phi) is 3.69. The third-order valence-electron chi connectivity index (χ3n) is 1.86. The van der Waals surface area contributed by atoms with Crippen LogP contribution in [-0.4, -0.2) is 19.5 Å². The predicted molar refractivity (Wildman–Crippen MR) is 54.1 cm³/mol. The number of hydrogen-bond acceptors (Lipinski definition) is 4.